The zero-order valence-corrected chi connectivity index (χ0v) is 23.5. The lowest BCUT2D eigenvalue weighted by atomic mass is 10.0. The predicted molar refractivity (Wildman–Crippen MR) is 151 cm³/mol. The van der Waals surface area contributed by atoms with E-state index in [-0.39, 0.29) is 34.4 Å². The molecule has 0 unspecified atom stereocenters. The number of hydrogen-bond acceptors (Lipinski definition) is 7. The molecule has 0 aliphatic carbocycles. The summed E-state index contributed by atoms with van der Waals surface area (Å²) in [7, 11) is 2.83. The molecule has 0 atom stereocenters. The van der Waals surface area contributed by atoms with E-state index < -0.39 is 41.7 Å². The van der Waals surface area contributed by atoms with Crippen molar-refractivity contribution in [3.63, 3.8) is 0 Å². The zero-order valence-electron chi connectivity index (χ0n) is 23.5. The highest BCUT2D eigenvalue weighted by Gasteiger charge is 2.19. The van der Waals surface area contributed by atoms with Crippen molar-refractivity contribution in [1.82, 2.24) is 14.5 Å². The summed E-state index contributed by atoms with van der Waals surface area (Å²) in [5.41, 5.74) is 1.60. The summed E-state index contributed by atoms with van der Waals surface area (Å²) in [6, 6.07) is 14.9. The van der Waals surface area contributed by atoms with Crippen molar-refractivity contribution in [2.75, 3.05) is 20.8 Å². The third kappa shape index (κ3) is 6.23. The molecule has 5 rings (SSSR count). The highest BCUT2D eigenvalue weighted by atomic mass is 19.1. The standard InChI is InChI=1S/C32H24F4N4O4/c1-42-10-9-40-28-13-21(32(41)43-2)7-8-27(28)38-29(40)14-19-5-6-20(12-24(19)34)30-25(35)15-26(36)31(39-30)44-17-22-4-3-18(16-37)11-23(22)33/h3-8,11-13,15H,9-10,14,17H2,1-2H3. The molecular formula is C32H24F4N4O4. The minimum atomic E-state index is -1.12. The largest absolute Gasteiger partial charge is 0.471 e. The summed E-state index contributed by atoms with van der Waals surface area (Å²) < 4.78 is 76.1. The Hall–Kier alpha value is -5.28. The Morgan fingerprint density at radius 3 is 2.36 bits per heavy atom. The number of halogens is 4. The van der Waals surface area contributed by atoms with Crippen LogP contribution in [-0.2, 0) is 29.0 Å². The number of methoxy groups -OCH3 is 2. The predicted octanol–water partition coefficient (Wildman–Crippen LogP) is 6.13. The molecule has 0 N–H and O–H groups in total. The average molecular weight is 605 g/mol. The number of ether oxygens (including phenoxy) is 3. The topological polar surface area (TPSA) is 99.3 Å². The monoisotopic (exact) mass is 604 g/mol. The Labute approximate surface area is 249 Å². The van der Waals surface area contributed by atoms with E-state index >= 15 is 4.39 Å². The van der Waals surface area contributed by atoms with Crippen molar-refractivity contribution in [1.29, 1.82) is 5.26 Å². The molecule has 2 heterocycles. The smallest absolute Gasteiger partial charge is 0.337 e. The van der Waals surface area contributed by atoms with Gasteiger partial charge in [-0.05, 0) is 42.0 Å². The van der Waals surface area contributed by atoms with Gasteiger partial charge in [-0.25, -0.2) is 32.3 Å². The van der Waals surface area contributed by atoms with Crippen molar-refractivity contribution >= 4 is 17.0 Å². The quantitative estimate of drug-likeness (QED) is 0.140. The lowest BCUT2D eigenvalue weighted by Gasteiger charge is -2.12. The number of rotatable bonds is 10. The second-order valence-corrected chi connectivity index (χ2v) is 9.66. The van der Waals surface area contributed by atoms with Gasteiger partial charge in [0, 0.05) is 37.3 Å². The fraction of sp³-hybridized carbons (Fsp3) is 0.188. The summed E-state index contributed by atoms with van der Waals surface area (Å²) in [4.78, 5) is 20.6. The van der Waals surface area contributed by atoms with E-state index in [1.807, 2.05) is 4.57 Å². The van der Waals surface area contributed by atoms with Crippen molar-refractivity contribution in [3.05, 3.63) is 112 Å². The number of aromatic nitrogens is 3. The molecule has 0 aliphatic heterocycles. The van der Waals surface area contributed by atoms with Crippen LogP contribution in [0.1, 0.15) is 32.9 Å². The normalized spacial score (nSPS) is 11.0. The molecule has 3 aromatic carbocycles. The molecule has 0 saturated carbocycles. The highest BCUT2D eigenvalue weighted by molar-refractivity contribution is 5.93. The summed E-state index contributed by atoms with van der Waals surface area (Å²) in [6.07, 6.45) is 0.0575. The maximum absolute atomic E-state index is 15.4. The molecule has 224 valence electrons. The third-order valence-corrected chi connectivity index (χ3v) is 6.89. The number of nitriles is 1. The van der Waals surface area contributed by atoms with Crippen LogP contribution >= 0.6 is 0 Å². The van der Waals surface area contributed by atoms with Crippen molar-refractivity contribution in [2.24, 2.45) is 0 Å². The lowest BCUT2D eigenvalue weighted by Crippen LogP contribution is -2.10. The molecule has 8 nitrogen and oxygen atoms in total. The summed E-state index contributed by atoms with van der Waals surface area (Å²) >= 11 is 0. The number of fused-ring (bicyclic) bond motifs is 1. The van der Waals surface area contributed by atoms with Crippen LogP contribution < -0.4 is 4.74 Å². The second-order valence-electron chi connectivity index (χ2n) is 9.66. The SMILES string of the molecule is COCCn1c(Cc2ccc(-c3nc(OCc4ccc(C#N)cc4F)c(F)cc3F)cc2F)nc2ccc(C(=O)OC)cc21. The molecule has 2 aromatic heterocycles. The van der Waals surface area contributed by atoms with Gasteiger partial charge in [-0.2, -0.15) is 5.26 Å². The zero-order chi connectivity index (χ0) is 31.4. The number of nitrogens with zero attached hydrogens (tertiary/aromatic N) is 4. The van der Waals surface area contributed by atoms with Gasteiger partial charge in [0.1, 0.15) is 29.8 Å². The van der Waals surface area contributed by atoms with E-state index in [2.05, 4.69) is 9.97 Å². The summed E-state index contributed by atoms with van der Waals surface area (Å²) in [5.74, 6) is -4.20. The highest BCUT2D eigenvalue weighted by Crippen LogP contribution is 2.29. The molecule has 0 amide bonds. The Balaban J connectivity index is 1.42. The molecule has 0 fully saturated rings. The molecule has 5 aromatic rings. The fourth-order valence-corrected chi connectivity index (χ4v) is 4.63. The Morgan fingerprint density at radius 1 is 0.886 bits per heavy atom. The molecule has 0 aliphatic rings. The average Bonchev–Trinajstić information content (AvgIpc) is 3.36. The first-order valence-corrected chi connectivity index (χ1v) is 13.2. The van der Waals surface area contributed by atoms with Gasteiger partial charge in [-0.3, -0.25) is 0 Å². The first-order valence-electron chi connectivity index (χ1n) is 13.2. The van der Waals surface area contributed by atoms with Gasteiger partial charge in [-0.15, -0.1) is 0 Å². The molecular weight excluding hydrogens is 580 g/mol. The van der Waals surface area contributed by atoms with E-state index in [9.17, 15) is 18.0 Å². The van der Waals surface area contributed by atoms with Crippen LogP contribution in [0.3, 0.4) is 0 Å². The minimum Gasteiger partial charge on any atom is -0.471 e. The maximum atomic E-state index is 15.4. The number of esters is 1. The van der Waals surface area contributed by atoms with Gasteiger partial charge in [-0.1, -0.05) is 18.2 Å². The van der Waals surface area contributed by atoms with Crippen molar-refractivity contribution in [3.8, 4) is 23.2 Å². The molecule has 44 heavy (non-hydrogen) atoms. The van der Waals surface area contributed by atoms with Gasteiger partial charge in [0.05, 0.1) is 41.9 Å². The number of carbonyl (C=O) groups excluding carboxylic acids is 1. The van der Waals surface area contributed by atoms with E-state index in [1.165, 1.54) is 31.4 Å². The van der Waals surface area contributed by atoms with E-state index in [0.29, 0.717) is 41.6 Å². The number of imidazole rings is 1. The minimum absolute atomic E-state index is 0.0220. The Morgan fingerprint density at radius 2 is 1.66 bits per heavy atom. The fourth-order valence-electron chi connectivity index (χ4n) is 4.63. The molecule has 0 spiro atoms. The number of carbonyl (C=O) groups is 1. The second kappa shape index (κ2) is 12.9. The van der Waals surface area contributed by atoms with Crippen molar-refractivity contribution in [2.45, 2.75) is 19.6 Å². The third-order valence-electron chi connectivity index (χ3n) is 6.89. The van der Waals surface area contributed by atoms with Crippen LogP contribution in [0, 0.1) is 34.6 Å². The van der Waals surface area contributed by atoms with Crippen LogP contribution in [-0.4, -0.2) is 41.3 Å². The molecule has 0 radical (unpaired) electrons. The molecule has 0 bridgehead atoms. The van der Waals surface area contributed by atoms with E-state index in [4.69, 9.17) is 19.5 Å². The van der Waals surface area contributed by atoms with Crippen LogP contribution in [0.4, 0.5) is 17.6 Å². The van der Waals surface area contributed by atoms with Crippen molar-refractivity contribution < 1.29 is 36.6 Å². The Bertz CT molecular complexity index is 1920. The van der Waals surface area contributed by atoms with Gasteiger partial charge in [0.2, 0.25) is 0 Å². The van der Waals surface area contributed by atoms with Crippen LogP contribution in [0.15, 0.2) is 60.7 Å². The first-order chi connectivity index (χ1) is 21.2. The van der Waals surface area contributed by atoms with Gasteiger partial charge < -0.3 is 18.8 Å². The molecule has 0 saturated heterocycles. The van der Waals surface area contributed by atoms with E-state index in [1.54, 1.807) is 31.4 Å². The van der Waals surface area contributed by atoms with E-state index in [0.717, 1.165) is 12.1 Å². The summed E-state index contributed by atoms with van der Waals surface area (Å²) in [5, 5.41) is 8.89. The first kappa shape index (κ1) is 30.2. The number of pyridine rings is 1. The summed E-state index contributed by atoms with van der Waals surface area (Å²) in [6.45, 7) is 0.275. The number of hydrogen-bond donors (Lipinski definition) is 0. The van der Waals surface area contributed by atoms with Crippen LogP contribution in [0.2, 0.25) is 0 Å². The van der Waals surface area contributed by atoms with Crippen LogP contribution in [0.25, 0.3) is 22.3 Å². The maximum Gasteiger partial charge on any atom is 0.337 e. The van der Waals surface area contributed by atoms with Gasteiger partial charge in [0.25, 0.3) is 5.88 Å². The Kier molecular flexibility index (Phi) is 8.87. The lowest BCUT2D eigenvalue weighted by molar-refractivity contribution is 0.0601. The van der Waals surface area contributed by atoms with Gasteiger partial charge >= 0.3 is 5.97 Å². The molecule has 12 heteroatoms. The van der Waals surface area contributed by atoms with Gasteiger partial charge in [0.15, 0.2) is 11.6 Å². The van der Waals surface area contributed by atoms with Crippen LogP contribution in [0.5, 0.6) is 5.88 Å². The number of benzene rings is 3.